The van der Waals surface area contributed by atoms with Gasteiger partial charge in [0.25, 0.3) is 0 Å². The molecule has 0 radical (unpaired) electrons. The fraction of sp³-hybridized carbons (Fsp3) is 0.125. The number of phenolic OH excluding ortho intramolecular Hbond substituents is 1. The molecule has 0 aliphatic carbocycles. The highest BCUT2D eigenvalue weighted by molar-refractivity contribution is 5.88. The molecule has 0 saturated heterocycles. The average molecular weight is 266 g/mol. The molecule has 0 atom stereocenters. The lowest BCUT2D eigenvalue weighted by Crippen LogP contribution is -1.95. The van der Waals surface area contributed by atoms with Gasteiger partial charge < -0.3 is 9.84 Å². The van der Waals surface area contributed by atoms with Crippen LogP contribution in [0.4, 0.5) is 0 Å². The summed E-state index contributed by atoms with van der Waals surface area (Å²) in [6.07, 6.45) is 0. The molecular formula is C16H14N2O2. The van der Waals surface area contributed by atoms with Gasteiger partial charge in [-0.3, -0.25) is 0 Å². The molecule has 0 bridgehead atoms. The molecule has 0 unspecified atom stereocenters. The van der Waals surface area contributed by atoms with Gasteiger partial charge in [-0.2, -0.15) is 5.10 Å². The van der Waals surface area contributed by atoms with Gasteiger partial charge in [-0.15, -0.1) is 5.10 Å². The summed E-state index contributed by atoms with van der Waals surface area (Å²) in [5.74, 6) is 1.16. The van der Waals surface area contributed by atoms with Crippen molar-refractivity contribution in [1.29, 1.82) is 0 Å². The van der Waals surface area contributed by atoms with E-state index in [9.17, 15) is 5.11 Å². The lowest BCUT2D eigenvalue weighted by Gasteiger charge is -2.09. The first kappa shape index (κ1) is 12.4. The van der Waals surface area contributed by atoms with Crippen LogP contribution in [0.5, 0.6) is 17.4 Å². The molecule has 4 heteroatoms. The molecule has 2 aromatic carbocycles. The summed E-state index contributed by atoms with van der Waals surface area (Å²) < 4.78 is 5.77. The molecule has 100 valence electrons. The van der Waals surface area contributed by atoms with Crippen molar-refractivity contribution >= 4 is 10.8 Å². The Bertz CT molecular complexity index is 764. The predicted molar refractivity (Wildman–Crippen MR) is 77.2 cm³/mol. The molecule has 1 N–H and O–H groups in total. The van der Waals surface area contributed by atoms with E-state index in [1.807, 2.05) is 44.2 Å². The summed E-state index contributed by atoms with van der Waals surface area (Å²) in [5.41, 5.74) is 1.78. The third kappa shape index (κ3) is 2.28. The van der Waals surface area contributed by atoms with Crippen LogP contribution in [-0.2, 0) is 0 Å². The van der Waals surface area contributed by atoms with Crippen LogP contribution in [0.3, 0.4) is 0 Å². The minimum absolute atomic E-state index is 0.171. The Morgan fingerprint density at radius 2 is 1.70 bits per heavy atom. The van der Waals surface area contributed by atoms with E-state index in [1.54, 1.807) is 12.1 Å². The molecule has 3 aromatic rings. The highest BCUT2D eigenvalue weighted by Gasteiger charge is 2.09. The van der Waals surface area contributed by atoms with E-state index in [0.29, 0.717) is 11.6 Å². The SMILES string of the molecule is Cc1cc(O)cc(Oc2nnc(C)c3ccccc23)c1. The largest absolute Gasteiger partial charge is 0.508 e. The van der Waals surface area contributed by atoms with E-state index in [0.717, 1.165) is 22.0 Å². The molecule has 1 aromatic heterocycles. The summed E-state index contributed by atoms with van der Waals surface area (Å²) in [7, 11) is 0. The van der Waals surface area contributed by atoms with Gasteiger partial charge in [0, 0.05) is 16.8 Å². The Morgan fingerprint density at radius 3 is 2.45 bits per heavy atom. The number of benzene rings is 2. The molecule has 0 aliphatic heterocycles. The zero-order valence-electron chi connectivity index (χ0n) is 11.3. The predicted octanol–water partition coefficient (Wildman–Crippen LogP) is 3.74. The number of rotatable bonds is 2. The maximum absolute atomic E-state index is 9.61. The van der Waals surface area contributed by atoms with Gasteiger partial charge >= 0.3 is 0 Å². The lowest BCUT2D eigenvalue weighted by atomic mass is 10.1. The number of aryl methyl sites for hydroxylation is 2. The van der Waals surface area contributed by atoms with E-state index >= 15 is 0 Å². The van der Waals surface area contributed by atoms with Crippen molar-refractivity contribution in [1.82, 2.24) is 10.2 Å². The van der Waals surface area contributed by atoms with Gasteiger partial charge in [0.05, 0.1) is 5.69 Å². The number of phenols is 1. The van der Waals surface area contributed by atoms with Crippen molar-refractivity contribution in [2.45, 2.75) is 13.8 Å². The van der Waals surface area contributed by atoms with Gasteiger partial charge in [0.15, 0.2) is 0 Å². The second-order valence-corrected chi connectivity index (χ2v) is 4.74. The highest BCUT2D eigenvalue weighted by atomic mass is 16.5. The number of aromatic hydroxyl groups is 1. The number of hydrogen-bond acceptors (Lipinski definition) is 4. The molecule has 1 heterocycles. The van der Waals surface area contributed by atoms with Crippen molar-refractivity contribution in [2.24, 2.45) is 0 Å². The molecule has 0 amide bonds. The second kappa shape index (κ2) is 4.81. The number of nitrogens with zero attached hydrogens (tertiary/aromatic N) is 2. The van der Waals surface area contributed by atoms with Crippen molar-refractivity contribution < 1.29 is 9.84 Å². The van der Waals surface area contributed by atoms with Gasteiger partial charge in [-0.25, -0.2) is 0 Å². The van der Waals surface area contributed by atoms with Gasteiger partial charge in [-0.1, -0.05) is 18.2 Å². The van der Waals surface area contributed by atoms with Crippen LogP contribution in [0, 0.1) is 13.8 Å². The summed E-state index contributed by atoms with van der Waals surface area (Å²) in [6.45, 7) is 3.81. The molecule has 4 nitrogen and oxygen atoms in total. The molecule has 0 fully saturated rings. The lowest BCUT2D eigenvalue weighted by molar-refractivity contribution is 0.444. The maximum atomic E-state index is 9.61. The van der Waals surface area contributed by atoms with Gasteiger partial charge in [0.2, 0.25) is 5.88 Å². The normalized spacial score (nSPS) is 10.7. The second-order valence-electron chi connectivity index (χ2n) is 4.74. The average Bonchev–Trinajstić information content (AvgIpc) is 2.41. The molecule has 0 saturated carbocycles. The number of aromatic nitrogens is 2. The zero-order valence-corrected chi connectivity index (χ0v) is 11.3. The minimum Gasteiger partial charge on any atom is -0.508 e. The Labute approximate surface area is 116 Å². The zero-order chi connectivity index (χ0) is 14.1. The minimum atomic E-state index is 0.171. The summed E-state index contributed by atoms with van der Waals surface area (Å²) in [6, 6.07) is 12.9. The van der Waals surface area contributed by atoms with Crippen molar-refractivity contribution in [2.75, 3.05) is 0 Å². The van der Waals surface area contributed by atoms with Crippen LogP contribution >= 0.6 is 0 Å². The smallest absolute Gasteiger partial charge is 0.246 e. The van der Waals surface area contributed by atoms with Crippen LogP contribution < -0.4 is 4.74 Å². The van der Waals surface area contributed by atoms with Crippen LogP contribution in [0.2, 0.25) is 0 Å². The van der Waals surface area contributed by atoms with Crippen LogP contribution in [0.25, 0.3) is 10.8 Å². The van der Waals surface area contributed by atoms with Crippen molar-refractivity contribution in [3.8, 4) is 17.4 Å². The quantitative estimate of drug-likeness (QED) is 0.767. The number of hydrogen-bond donors (Lipinski definition) is 1. The first-order valence-corrected chi connectivity index (χ1v) is 6.34. The molecule has 0 aliphatic rings. The third-order valence-electron chi connectivity index (χ3n) is 3.09. The van der Waals surface area contributed by atoms with E-state index < -0.39 is 0 Å². The molecule has 3 rings (SSSR count). The standard InChI is InChI=1S/C16H14N2O2/c1-10-7-12(19)9-13(8-10)20-16-15-6-4-3-5-14(15)11(2)17-18-16/h3-9,19H,1-2H3. The Balaban J connectivity index is 2.09. The van der Waals surface area contributed by atoms with Crippen molar-refractivity contribution in [3.63, 3.8) is 0 Å². The molecule has 20 heavy (non-hydrogen) atoms. The maximum Gasteiger partial charge on any atom is 0.246 e. The summed E-state index contributed by atoms with van der Waals surface area (Å²) in [4.78, 5) is 0. The number of fused-ring (bicyclic) bond motifs is 1. The van der Waals surface area contributed by atoms with Crippen molar-refractivity contribution in [3.05, 3.63) is 53.7 Å². The van der Waals surface area contributed by atoms with Gasteiger partial charge in [-0.05, 0) is 37.6 Å². The Hall–Kier alpha value is -2.62. The first-order chi connectivity index (χ1) is 9.63. The third-order valence-corrected chi connectivity index (χ3v) is 3.09. The fourth-order valence-electron chi connectivity index (χ4n) is 2.19. The first-order valence-electron chi connectivity index (χ1n) is 6.34. The van der Waals surface area contributed by atoms with E-state index in [-0.39, 0.29) is 5.75 Å². The van der Waals surface area contributed by atoms with Crippen LogP contribution in [-0.4, -0.2) is 15.3 Å². The summed E-state index contributed by atoms with van der Waals surface area (Å²) >= 11 is 0. The monoisotopic (exact) mass is 266 g/mol. The van der Waals surface area contributed by atoms with Crippen LogP contribution in [0.1, 0.15) is 11.3 Å². The Kier molecular flexibility index (Phi) is 2.99. The summed E-state index contributed by atoms with van der Waals surface area (Å²) in [5, 5.41) is 19.7. The highest BCUT2D eigenvalue weighted by Crippen LogP contribution is 2.30. The van der Waals surface area contributed by atoms with Gasteiger partial charge in [0.1, 0.15) is 11.5 Å². The van der Waals surface area contributed by atoms with E-state index in [2.05, 4.69) is 10.2 Å². The topological polar surface area (TPSA) is 55.2 Å². The molecule has 0 spiro atoms. The fourth-order valence-corrected chi connectivity index (χ4v) is 2.19. The Morgan fingerprint density at radius 1 is 0.950 bits per heavy atom. The van der Waals surface area contributed by atoms with E-state index in [4.69, 9.17) is 4.74 Å². The van der Waals surface area contributed by atoms with Crippen LogP contribution in [0.15, 0.2) is 42.5 Å². The van der Waals surface area contributed by atoms with E-state index in [1.165, 1.54) is 0 Å². The number of ether oxygens (including phenoxy) is 1. The molecular weight excluding hydrogens is 252 g/mol.